The predicted molar refractivity (Wildman–Crippen MR) is 126 cm³/mol. The van der Waals surface area contributed by atoms with E-state index in [9.17, 15) is 9.18 Å². The van der Waals surface area contributed by atoms with Crippen molar-refractivity contribution in [1.82, 2.24) is 4.98 Å². The average Bonchev–Trinajstić information content (AvgIpc) is 2.80. The van der Waals surface area contributed by atoms with Gasteiger partial charge in [0.1, 0.15) is 36.3 Å². The Morgan fingerprint density at radius 1 is 0.912 bits per heavy atom. The number of pyridine rings is 1. The molecule has 1 aromatic heterocycles. The molecule has 0 saturated heterocycles. The fraction of sp³-hybridized carbons (Fsp3) is 0.120. The first-order valence-corrected chi connectivity index (χ1v) is 10.9. The number of aromatic nitrogens is 1. The molecule has 1 N–H and O–H groups in total. The summed E-state index contributed by atoms with van der Waals surface area (Å²) in [6.07, 6.45) is 0. The SMILES string of the molecule is O=C(O)COc1c(Cl)cc(Cl)cc1COc1cccc(OCc2ccc3cc(F)ccc3n2)c1. The smallest absolute Gasteiger partial charge is 0.341 e. The lowest BCUT2D eigenvalue weighted by Gasteiger charge is -2.14. The molecule has 9 heteroatoms. The number of fused-ring (bicyclic) bond motifs is 1. The van der Waals surface area contributed by atoms with Crippen LogP contribution < -0.4 is 14.2 Å². The van der Waals surface area contributed by atoms with Gasteiger partial charge in [0.15, 0.2) is 6.61 Å². The first-order valence-electron chi connectivity index (χ1n) is 10.1. The molecule has 0 fully saturated rings. The third-order valence-corrected chi connectivity index (χ3v) is 5.22. The Bertz CT molecular complexity index is 1350. The van der Waals surface area contributed by atoms with E-state index < -0.39 is 12.6 Å². The zero-order chi connectivity index (χ0) is 24.1. The monoisotopic (exact) mass is 501 g/mol. The van der Waals surface area contributed by atoms with E-state index in [0.29, 0.717) is 38.7 Å². The van der Waals surface area contributed by atoms with Crippen molar-refractivity contribution < 1.29 is 28.5 Å². The fourth-order valence-electron chi connectivity index (χ4n) is 3.21. The summed E-state index contributed by atoms with van der Waals surface area (Å²) in [5.41, 5.74) is 1.88. The van der Waals surface area contributed by atoms with Crippen molar-refractivity contribution in [3.05, 3.63) is 93.8 Å². The van der Waals surface area contributed by atoms with Crippen molar-refractivity contribution in [3.8, 4) is 17.2 Å². The Kier molecular flexibility index (Phi) is 7.35. The molecule has 0 radical (unpaired) electrons. The van der Waals surface area contributed by atoms with Gasteiger partial charge >= 0.3 is 5.97 Å². The standard InChI is InChI=1S/C25H18Cl2FNO5/c26-17-8-16(25(22(27)10-17)34-14-24(30)31)12-32-20-2-1-3-21(11-20)33-13-19-6-4-15-9-18(28)5-7-23(15)29-19/h1-11H,12-14H2,(H,30,31). The van der Waals surface area contributed by atoms with Crippen LogP contribution in [-0.4, -0.2) is 22.7 Å². The fourth-order valence-corrected chi connectivity index (χ4v) is 3.80. The molecular weight excluding hydrogens is 484 g/mol. The van der Waals surface area contributed by atoms with E-state index >= 15 is 0 Å². The van der Waals surface area contributed by atoms with Gasteiger partial charge in [0.05, 0.1) is 16.2 Å². The molecule has 0 aliphatic heterocycles. The maximum atomic E-state index is 13.3. The topological polar surface area (TPSA) is 77.9 Å². The maximum Gasteiger partial charge on any atom is 0.341 e. The summed E-state index contributed by atoms with van der Waals surface area (Å²) in [7, 11) is 0. The summed E-state index contributed by atoms with van der Waals surface area (Å²) in [6, 6.07) is 18.1. The Morgan fingerprint density at radius 2 is 1.68 bits per heavy atom. The first kappa shape index (κ1) is 23.6. The number of ether oxygens (including phenoxy) is 3. The van der Waals surface area contributed by atoms with Crippen molar-refractivity contribution in [2.75, 3.05) is 6.61 Å². The van der Waals surface area contributed by atoms with E-state index in [4.69, 9.17) is 42.5 Å². The van der Waals surface area contributed by atoms with Crippen LogP contribution in [-0.2, 0) is 18.0 Å². The molecular formula is C25H18Cl2FNO5. The number of hydrogen-bond donors (Lipinski definition) is 1. The van der Waals surface area contributed by atoms with Gasteiger partial charge in [-0.3, -0.25) is 0 Å². The second-order valence-electron chi connectivity index (χ2n) is 7.25. The quantitative estimate of drug-likeness (QED) is 0.289. The molecule has 0 bridgehead atoms. The number of halogens is 3. The van der Waals surface area contributed by atoms with E-state index in [2.05, 4.69) is 4.98 Å². The predicted octanol–water partition coefficient (Wildman–Crippen LogP) is 6.30. The molecule has 0 aliphatic carbocycles. The van der Waals surface area contributed by atoms with Crippen LogP contribution in [0, 0.1) is 5.82 Å². The highest BCUT2D eigenvalue weighted by Gasteiger charge is 2.13. The number of benzene rings is 3. The summed E-state index contributed by atoms with van der Waals surface area (Å²) in [5.74, 6) is -0.167. The Labute approximate surface area is 204 Å². The second kappa shape index (κ2) is 10.6. The molecule has 0 unspecified atom stereocenters. The summed E-state index contributed by atoms with van der Waals surface area (Å²) in [5, 5.41) is 10.2. The number of carboxylic acids is 1. The minimum absolute atomic E-state index is 0.0431. The molecule has 4 aromatic rings. The Hall–Kier alpha value is -3.55. The van der Waals surface area contributed by atoms with Crippen LogP contribution in [0.25, 0.3) is 10.9 Å². The lowest BCUT2D eigenvalue weighted by molar-refractivity contribution is -0.139. The Balaban J connectivity index is 1.42. The average molecular weight is 502 g/mol. The van der Waals surface area contributed by atoms with Crippen molar-refractivity contribution in [2.24, 2.45) is 0 Å². The number of rotatable bonds is 9. The van der Waals surface area contributed by atoms with E-state index in [1.165, 1.54) is 18.2 Å². The van der Waals surface area contributed by atoms with E-state index in [0.717, 1.165) is 0 Å². The molecule has 0 spiro atoms. The first-order chi connectivity index (χ1) is 16.4. The van der Waals surface area contributed by atoms with Crippen LogP contribution in [0.2, 0.25) is 10.0 Å². The lowest BCUT2D eigenvalue weighted by atomic mass is 10.2. The van der Waals surface area contributed by atoms with Crippen LogP contribution in [0.3, 0.4) is 0 Å². The van der Waals surface area contributed by atoms with Gasteiger partial charge in [0, 0.05) is 22.0 Å². The number of nitrogens with zero attached hydrogens (tertiary/aromatic N) is 1. The molecule has 1 heterocycles. The van der Waals surface area contributed by atoms with Gasteiger partial charge in [-0.25, -0.2) is 14.2 Å². The Morgan fingerprint density at radius 3 is 2.44 bits per heavy atom. The third-order valence-electron chi connectivity index (χ3n) is 4.72. The van der Waals surface area contributed by atoms with Crippen molar-refractivity contribution in [3.63, 3.8) is 0 Å². The molecule has 0 aliphatic rings. The molecule has 0 atom stereocenters. The summed E-state index contributed by atoms with van der Waals surface area (Å²) >= 11 is 12.2. The van der Waals surface area contributed by atoms with Gasteiger partial charge in [-0.2, -0.15) is 0 Å². The van der Waals surface area contributed by atoms with Crippen molar-refractivity contribution in [1.29, 1.82) is 0 Å². The van der Waals surface area contributed by atoms with Gasteiger partial charge < -0.3 is 19.3 Å². The van der Waals surface area contributed by atoms with E-state index in [1.54, 1.807) is 48.5 Å². The zero-order valence-electron chi connectivity index (χ0n) is 17.6. The van der Waals surface area contributed by atoms with Crippen LogP contribution in [0.4, 0.5) is 4.39 Å². The van der Waals surface area contributed by atoms with Gasteiger partial charge in [0.25, 0.3) is 0 Å². The molecule has 6 nitrogen and oxygen atoms in total. The normalized spacial score (nSPS) is 10.8. The van der Waals surface area contributed by atoms with Crippen LogP contribution in [0.5, 0.6) is 17.2 Å². The molecule has 34 heavy (non-hydrogen) atoms. The van der Waals surface area contributed by atoms with Crippen LogP contribution in [0.1, 0.15) is 11.3 Å². The highest BCUT2D eigenvalue weighted by atomic mass is 35.5. The minimum atomic E-state index is -1.13. The van der Waals surface area contributed by atoms with E-state index in [-0.39, 0.29) is 29.8 Å². The molecule has 4 rings (SSSR count). The highest BCUT2D eigenvalue weighted by Crippen LogP contribution is 2.33. The van der Waals surface area contributed by atoms with E-state index in [1.807, 2.05) is 0 Å². The molecule has 174 valence electrons. The highest BCUT2D eigenvalue weighted by molar-refractivity contribution is 6.35. The molecule has 3 aromatic carbocycles. The van der Waals surface area contributed by atoms with Gasteiger partial charge in [-0.15, -0.1) is 0 Å². The number of carboxylic acid groups (broad SMARTS) is 1. The number of aliphatic carboxylic acids is 1. The maximum absolute atomic E-state index is 13.3. The van der Waals surface area contributed by atoms with Crippen LogP contribution in [0.15, 0.2) is 66.7 Å². The molecule has 0 amide bonds. The lowest BCUT2D eigenvalue weighted by Crippen LogP contribution is -2.11. The van der Waals surface area contributed by atoms with Gasteiger partial charge in [0.2, 0.25) is 0 Å². The van der Waals surface area contributed by atoms with Gasteiger partial charge in [-0.1, -0.05) is 35.3 Å². The van der Waals surface area contributed by atoms with Crippen molar-refractivity contribution >= 4 is 40.1 Å². The third kappa shape index (κ3) is 6.07. The second-order valence-corrected chi connectivity index (χ2v) is 8.09. The summed E-state index contributed by atoms with van der Waals surface area (Å²) in [4.78, 5) is 15.3. The number of carbonyl (C=O) groups is 1. The molecule has 0 saturated carbocycles. The largest absolute Gasteiger partial charge is 0.489 e. The van der Waals surface area contributed by atoms with Gasteiger partial charge in [-0.05, 0) is 48.5 Å². The van der Waals surface area contributed by atoms with Crippen LogP contribution >= 0.6 is 23.2 Å². The number of hydrogen-bond acceptors (Lipinski definition) is 5. The zero-order valence-corrected chi connectivity index (χ0v) is 19.1. The van der Waals surface area contributed by atoms with Crippen molar-refractivity contribution in [2.45, 2.75) is 13.2 Å². The summed E-state index contributed by atoms with van der Waals surface area (Å²) < 4.78 is 30.3. The minimum Gasteiger partial charge on any atom is -0.489 e. The summed E-state index contributed by atoms with van der Waals surface area (Å²) in [6.45, 7) is -0.287.